The number of nitrogens with one attached hydrogen (secondary N) is 1. The maximum absolute atomic E-state index is 13.0. The van der Waals surface area contributed by atoms with Crippen LogP contribution in [0.15, 0.2) is 65.3 Å². The van der Waals surface area contributed by atoms with Crippen LogP contribution in [0.3, 0.4) is 0 Å². The molecule has 4 rings (SSSR count). The van der Waals surface area contributed by atoms with Gasteiger partial charge in [-0.1, -0.05) is 29.4 Å². The Morgan fingerprint density at radius 1 is 1.11 bits per heavy atom. The van der Waals surface area contributed by atoms with Crippen molar-refractivity contribution < 1.29 is 14.1 Å². The number of imidazole rings is 1. The number of amides is 2. The molecule has 0 aliphatic carbocycles. The Hall–Kier alpha value is -3.94. The van der Waals surface area contributed by atoms with Gasteiger partial charge >= 0.3 is 0 Å². The second-order valence-corrected chi connectivity index (χ2v) is 6.22. The molecule has 0 spiro atoms. The topological polar surface area (TPSA) is 92.7 Å². The van der Waals surface area contributed by atoms with E-state index >= 15 is 0 Å². The Balaban J connectivity index is 1.72. The molecule has 1 N–H and O–H groups in total. The normalized spacial score (nSPS) is 10.8. The number of nitrogens with zero attached hydrogens (tertiary/aromatic N) is 4. The van der Waals surface area contributed by atoms with Gasteiger partial charge in [-0.25, -0.2) is 4.98 Å². The minimum Gasteiger partial charge on any atom is -0.360 e. The van der Waals surface area contributed by atoms with Gasteiger partial charge in [-0.2, -0.15) is 0 Å². The Bertz CT molecular complexity index is 1160. The molecule has 4 aromatic rings. The number of hydrogen-bond donors (Lipinski definition) is 1. The molecule has 0 aliphatic heterocycles. The highest BCUT2D eigenvalue weighted by Gasteiger charge is 2.24. The molecule has 1 aromatic carbocycles. The number of aryl methyl sites for hydroxylation is 1. The maximum Gasteiger partial charge on any atom is 0.294 e. The summed E-state index contributed by atoms with van der Waals surface area (Å²) in [5, 5.41) is 6.39. The minimum atomic E-state index is -0.474. The summed E-state index contributed by atoms with van der Waals surface area (Å²) in [5.41, 5.74) is 1.38. The lowest BCUT2D eigenvalue weighted by Gasteiger charge is -2.16. The summed E-state index contributed by atoms with van der Waals surface area (Å²) in [6.07, 6.45) is 1.70. The fourth-order valence-electron chi connectivity index (χ4n) is 2.88. The molecule has 0 bridgehead atoms. The monoisotopic (exact) mass is 375 g/mol. The minimum absolute atomic E-state index is 0.131. The summed E-state index contributed by atoms with van der Waals surface area (Å²) in [5.74, 6) is 0.199. The van der Waals surface area contributed by atoms with Crippen LogP contribution in [0.2, 0.25) is 0 Å². The van der Waals surface area contributed by atoms with Crippen molar-refractivity contribution >= 4 is 28.8 Å². The van der Waals surface area contributed by atoms with Crippen LogP contribution in [0.4, 0.5) is 11.5 Å². The Labute approximate surface area is 160 Å². The van der Waals surface area contributed by atoms with E-state index in [2.05, 4.69) is 15.5 Å². The van der Waals surface area contributed by atoms with Crippen LogP contribution in [0.25, 0.3) is 5.52 Å². The highest BCUT2D eigenvalue weighted by Crippen LogP contribution is 2.19. The summed E-state index contributed by atoms with van der Waals surface area (Å²) < 4.78 is 6.56. The number of benzene rings is 1. The summed E-state index contributed by atoms with van der Waals surface area (Å²) in [6, 6.07) is 16.1. The van der Waals surface area contributed by atoms with Crippen LogP contribution < -0.4 is 10.2 Å². The molecule has 28 heavy (non-hydrogen) atoms. The van der Waals surface area contributed by atoms with Crippen LogP contribution in [-0.4, -0.2) is 33.4 Å². The fourth-order valence-corrected chi connectivity index (χ4v) is 2.88. The number of anilines is 2. The first kappa shape index (κ1) is 17.5. The van der Waals surface area contributed by atoms with Gasteiger partial charge in [0.1, 0.15) is 5.76 Å². The Morgan fingerprint density at radius 2 is 1.86 bits per heavy atom. The molecule has 0 saturated heterocycles. The third-order valence-electron chi connectivity index (χ3n) is 4.27. The van der Waals surface area contributed by atoms with Crippen molar-refractivity contribution in [1.82, 2.24) is 14.5 Å². The lowest BCUT2D eigenvalue weighted by molar-refractivity contribution is 0.0982. The van der Waals surface area contributed by atoms with E-state index in [1.165, 1.54) is 4.90 Å². The van der Waals surface area contributed by atoms with E-state index in [9.17, 15) is 9.59 Å². The molecule has 8 heteroatoms. The van der Waals surface area contributed by atoms with Crippen LogP contribution in [-0.2, 0) is 0 Å². The van der Waals surface area contributed by atoms with E-state index < -0.39 is 5.91 Å². The predicted molar refractivity (Wildman–Crippen MR) is 104 cm³/mol. The SMILES string of the molecule is Cc1cc(NC(=O)c2nc(C(=O)N(C)c3ccccc3)n3ccccc23)no1. The molecular weight excluding hydrogens is 358 g/mol. The summed E-state index contributed by atoms with van der Waals surface area (Å²) >= 11 is 0. The molecule has 3 heterocycles. The maximum atomic E-state index is 13.0. The predicted octanol–water partition coefficient (Wildman–Crippen LogP) is 3.16. The summed E-state index contributed by atoms with van der Waals surface area (Å²) in [4.78, 5) is 31.6. The smallest absolute Gasteiger partial charge is 0.294 e. The van der Waals surface area contributed by atoms with Crippen LogP contribution in [0, 0.1) is 6.92 Å². The number of hydrogen-bond acceptors (Lipinski definition) is 5. The average Bonchev–Trinajstić information content (AvgIpc) is 3.31. The number of rotatable bonds is 4. The fraction of sp³-hybridized carbons (Fsp3) is 0.100. The molecule has 8 nitrogen and oxygen atoms in total. The van der Waals surface area contributed by atoms with Gasteiger partial charge in [0.15, 0.2) is 11.5 Å². The Morgan fingerprint density at radius 3 is 2.57 bits per heavy atom. The van der Waals surface area contributed by atoms with Gasteiger partial charge in [-0.15, -0.1) is 0 Å². The third kappa shape index (κ3) is 3.11. The molecule has 0 saturated carbocycles. The first-order valence-electron chi connectivity index (χ1n) is 8.59. The Kier molecular flexibility index (Phi) is 4.36. The number of fused-ring (bicyclic) bond motifs is 1. The van der Waals surface area contributed by atoms with Crippen molar-refractivity contribution in [2.24, 2.45) is 0 Å². The number of carbonyl (C=O) groups is 2. The largest absolute Gasteiger partial charge is 0.360 e. The second kappa shape index (κ2) is 6.99. The quantitative estimate of drug-likeness (QED) is 0.591. The number of carbonyl (C=O) groups excluding carboxylic acids is 2. The zero-order chi connectivity index (χ0) is 19.7. The first-order chi connectivity index (χ1) is 13.5. The van der Waals surface area contributed by atoms with E-state index in [4.69, 9.17) is 4.52 Å². The average molecular weight is 375 g/mol. The highest BCUT2D eigenvalue weighted by molar-refractivity contribution is 6.10. The lowest BCUT2D eigenvalue weighted by atomic mass is 10.3. The van der Waals surface area contributed by atoms with E-state index in [0.717, 1.165) is 5.69 Å². The molecule has 0 fully saturated rings. The lowest BCUT2D eigenvalue weighted by Crippen LogP contribution is -2.28. The van der Waals surface area contributed by atoms with Crippen molar-refractivity contribution in [3.63, 3.8) is 0 Å². The highest BCUT2D eigenvalue weighted by atomic mass is 16.5. The van der Waals surface area contributed by atoms with E-state index in [1.807, 2.05) is 30.3 Å². The van der Waals surface area contributed by atoms with Gasteiger partial charge in [0.05, 0.1) is 5.52 Å². The zero-order valence-electron chi connectivity index (χ0n) is 15.3. The van der Waals surface area contributed by atoms with E-state index in [0.29, 0.717) is 11.3 Å². The van der Waals surface area contributed by atoms with Crippen LogP contribution in [0.5, 0.6) is 0 Å². The third-order valence-corrected chi connectivity index (χ3v) is 4.27. The first-order valence-corrected chi connectivity index (χ1v) is 8.59. The molecule has 0 radical (unpaired) electrons. The van der Waals surface area contributed by atoms with Crippen molar-refractivity contribution in [3.8, 4) is 0 Å². The van der Waals surface area contributed by atoms with E-state index in [1.54, 1.807) is 48.8 Å². The molecule has 140 valence electrons. The van der Waals surface area contributed by atoms with Gasteiger partial charge in [0.25, 0.3) is 11.8 Å². The second-order valence-electron chi connectivity index (χ2n) is 6.22. The molecule has 0 atom stereocenters. The van der Waals surface area contributed by atoms with Gasteiger partial charge < -0.3 is 14.7 Å². The zero-order valence-corrected chi connectivity index (χ0v) is 15.3. The molecular formula is C20H17N5O3. The van der Waals surface area contributed by atoms with Crippen LogP contribution >= 0.6 is 0 Å². The molecule has 0 aliphatic rings. The number of aromatic nitrogens is 3. The standard InChI is InChI=1S/C20H17N5O3/c1-13-12-16(23-28-13)21-19(26)17-15-10-6-7-11-25(15)18(22-17)20(27)24(2)14-8-4-3-5-9-14/h3-12H,1-2H3,(H,21,23,26). The summed E-state index contributed by atoms with van der Waals surface area (Å²) in [7, 11) is 1.67. The van der Waals surface area contributed by atoms with Gasteiger partial charge in [0, 0.05) is 25.0 Å². The summed E-state index contributed by atoms with van der Waals surface area (Å²) in [6.45, 7) is 1.73. The number of pyridine rings is 1. The molecule has 0 unspecified atom stereocenters. The van der Waals surface area contributed by atoms with Gasteiger partial charge in [-0.05, 0) is 31.2 Å². The van der Waals surface area contributed by atoms with Gasteiger partial charge in [-0.3, -0.25) is 14.0 Å². The molecule has 2 amide bonds. The number of para-hydroxylation sites is 1. The van der Waals surface area contributed by atoms with E-state index in [-0.39, 0.29) is 23.2 Å². The van der Waals surface area contributed by atoms with Crippen molar-refractivity contribution in [2.45, 2.75) is 6.92 Å². The van der Waals surface area contributed by atoms with Crippen molar-refractivity contribution in [1.29, 1.82) is 0 Å². The van der Waals surface area contributed by atoms with Crippen LogP contribution in [0.1, 0.15) is 26.9 Å². The van der Waals surface area contributed by atoms with Crippen molar-refractivity contribution in [3.05, 3.63) is 78.1 Å². The van der Waals surface area contributed by atoms with Gasteiger partial charge in [0.2, 0.25) is 5.82 Å². The molecule has 3 aromatic heterocycles. The van der Waals surface area contributed by atoms with Crippen molar-refractivity contribution in [2.75, 3.05) is 17.3 Å².